The summed E-state index contributed by atoms with van der Waals surface area (Å²) in [5.41, 5.74) is 2.27. The van der Waals surface area contributed by atoms with Crippen molar-refractivity contribution in [3.8, 4) is 0 Å². The van der Waals surface area contributed by atoms with E-state index in [9.17, 15) is 9.59 Å². The van der Waals surface area contributed by atoms with Gasteiger partial charge >= 0.3 is 0 Å². The minimum absolute atomic E-state index is 0.0154. The summed E-state index contributed by atoms with van der Waals surface area (Å²) in [5.74, 6) is -0.142. The minimum atomic E-state index is -0.285. The second-order valence-electron chi connectivity index (χ2n) is 8.10. The zero-order valence-electron chi connectivity index (χ0n) is 16.7. The highest BCUT2D eigenvalue weighted by atomic mass is 16.2. The summed E-state index contributed by atoms with van der Waals surface area (Å²) in [5, 5.41) is 2.88. The lowest BCUT2D eigenvalue weighted by molar-refractivity contribution is -0.136. The summed E-state index contributed by atoms with van der Waals surface area (Å²) in [6.45, 7) is 11.9. The number of likely N-dealkylation sites (N-methyl/N-ethyl adjacent to an activating group) is 1. The van der Waals surface area contributed by atoms with Crippen LogP contribution in [0.2, 0.25) is 0 Å². The van der Waals surface area contributed by atoms with Gasteiger partial charge in [-0.2, -0.15) is 0 Å². The van der Waals surface area contributed by atoms with Crippen LogP contribution in [0.25, 0.3) is 0 Å². The maximum atomic E-state index is 12.4. The Kier molecular flexibility index (Phi) is 6.64. The van der Waals surface area contributed by atoms with E-state index >= 15 is 0 Å². The molecule has 2 rings (SSSR count). The third kappa shape index (κ3) is 6.02. The Labute approximate surface area is 157 Å². The zero-order valence-corrected chi connectivity index (χ0v) is 16.7. The fraction of sp³-hybridized carbons (Fsp3) is 0.600. The molecular formula is C20H32N4O2. The predicted molar refractivity (Wildman–Crippen MR) is 105 cm³/mol. The molecule has 1 heterocycles. The summed E-state index contributed by atoms with van der Waals surface area (Å²) >= 11 is 0. The Morgan fingerprint density at radius 2 is 1.73 bits per heavy atom. The largest absolute Gasteiger partial charge is 0.369 e. The molecule has 1 aromatic rings. The van der Waals surface area contributed by atoms with Crippen molar-refractivity contribution in [3.63, 3.8) is 0 Å². The second-order valence-corrected chi connectivity index (χ2v) is 8.10. The zero-order chi connectivity index (χ0) is 19.3. The SMILES string of the molecule is Cc1ccccc1N1CCN(CC(=O)N(C)CC(=O)NC(C)(C)C)CC1. The maximum absolute atomic E-state index is 12.4. The fourth-order valence-corrected chi connectivity index (χ4v) is 3.14. The average molecular weight is 361 g/mol. The molecule has 1 aliphatic heterocycles. The number of carbonyl (C=O) groups excluding carboxylic acids is 2. The van der Waals surface area contributed by atoms with Gasteiger partial charge in [-0.1, -0.05) is 18.2 Å². The standard InChI is InChI=1S/C20H32N4O2/c1-16-8-6-7-9-17(16)24-12-10-23(11-13-24)15-19(26)22(5)14-18(25)21-20(2,3)4/h6-9H,10-15H2,1-5H3,(H,21,25). The third-order valence-corrected chi connectivity index (χ3v) is 4.51. The van der Waals surface area contributed by atoms with E-state index in [1.165, 1.54) is 16.2 Å². The molecule has 6 nitrogen and oxygen atoms in total. The molecule has 6 heteroatoms. The van der Waals surface area contributed by atoms with Gasteiger partial charge in [-0.15, -0.1) is 0 Å². The fourth-order valence-electron chi connectivity index (χ4n) is 3.14. The maximum Gasteiger partial charge on any atom is 0.240 e. The summed E-state index contributed by atoms with van der Waals surface area (Å²) in [7, 11) is 1.69. The normalized spacial score (nSPS) is 15.7. The Bertz CT molecular complexity index is 631. The van der Waals surface area contributed by atoms with Crippen molar-refractivity contribution in [1.29, 1.82) is 0 Å². The number of rotatable bonds is 5. The highest BCUT2D eigenvalue weighted by Gasteiger charge is 2.23. The van der Waals surface area contributed by atoms with Crippen LogP contribution in [-0.2, 0) is 9.59 Å². The third-order valence-electron chi connectivity index (χ3n) is 4.51. The number of para-hydroxylation sites is 1. The van der Waals surface area contributed by atoms with Crippen molar-refractivity contribution in [3.05, 3.63) is 29.8 Å². The van der Waals surface area contributed by atoms with E-state index in [1.54, 1.807) is 7.05 Å². The van der Waals surface area contributed by atoms with Crippen LogP contribution in [0.15, 0.2) is 24.3 Å². The first-order valence-electron chi connectivity index (χ1n) is 9.23. The van der Waals surface area contributed by atoms with E-state index in [4.69, 9.17) is 0 Å². The number of nitrogens with one attached hydrogen (secondary N) is 1. The Balaban J connectivity index is 1.79. The van der Waals surface area contributed by atoms with Gasteiger partial charge in [-0.05, 0) is 39.3 Å². The second kappa shape index (κ2) is 8.54. The number of anilines is 1. The van der Waals surface area contributed by atoms with Crippen molar-refractivity contribution >= 4 is 17.5 Å². The number of piperazine rings is 1. The van der Waals surface area contributed by atoms with Crippen LogP contribution in [0.1, 0.15) is 26.3 Å². The number of carbonyl (C=O) groups is 2. The van der Waals surface area contributed by atoms with Crippen LogP contribution in [0.3, 0.4) is 0 Å². The minimum Gasteiger partial charge on any atom is -0.369 e. The molecule has 1 aromatic carbocycles. The van der Waals surface area contributed by atoms with Gasteiger partial charge in [-0.25, -0.2) is 0 Å². The number of hydrogen-bond donors (Lipinski definition) is 1. The van der Waals surface area contributed by atoms with Crippen LogP contribution in [0, 0.1) is 6.92 Å². The van der Waals surface area contributed by atoms with E-state index < -0.39 is 0 Å². The van der Waals surface area contributed by atoms with Crippen molar-refractivity contribution in [1.82, 2.24) is 15.1 Å². The van der Waals surface area contributed by atoms with E-state index in [0.717, 1.165) is 26.2 Å². The number of benzene rings is 1. The van der Waals surface area contributed by atoms with E-state index in [-0.39, 0.29) is 23.9 Å². The first kappa shape index (κ1) is 20.2. The van der Waals surface area contributed by atoms with Crippen LogP contribution in [0.5, 0.6) is 0 Å². The number of aryl methyl sites for hydroxylation is 1. The number of amides is 2. The molecule has 0 radical (unpaired) electrons. The Morgan fingerprint density at radius 1 is 1.12 bits per heavy atom. The van der Waals surface area contributed by atoms with Gasteiger partial charge in [0, 0.05) is 44.5 Å². The highest BCUT2D eigenvalue weighted by molar-refractivity contribution is 5.85. The van der Waals surface area contributed by atoms with Crippen molar-refractivity contribution in [2.75, 3.05) is 51.2 Å². The summed E-state index contributed by atoms with van der Waals surface area (Å²) in [6.07, 6.45) is 0. The van der Waals surface area contributed by atoms with Crippen molar-refractivity contribution in [2.45, 2.75) is 33.2 Å². The topological polar surface area (TPSA) is 55.9 Å². The molecule has 0 saturated carbocycles. The van der Waals surface area contributed by atoms with E-state index in [2.05, 4.69) is 46.3 Å². The van der Waals surface area contributed by atoms with Gasteiger partial charge in [0.2, 0.25) is 11.8 Å². The number of hydrogen-bond acceptors (Lipinski definition) is 4. The van der Waals surface area contributed by atoms with Gasteiger partial charge in [0.25, 0.3) is 0 Å². The first-order valence-corrected chi connectivity index (χ1v) is 9.23. The van der Waals surface area contributed by atoms with E-state index in [0.29, 0.717) is 6.54 Å². The molecule has 144 valence electrons. The lowest BCUT2D eigenvalue weighted by atomic mass is 10.1. The predicted octanol–water partition coefficient (Wildman–Crippen LogP) is 1.49. The molecule has 0 spiro atoms. The Hall–Kier alpha value is -2.08. The first-order chi connectivity index (χ1) is 12.2. The lowest BCUT2D eigenvalue weighted by Gasteiger charge is -2.37. The molecule has 26 heavy (non-hydrogen) atoms. The summed E-state index contributed by atoms with van der Waals surface area (Å²) in [6, 6.07) is 8.40. The molecule has 1 aliphatic rings. The lowest BCUT2D eigenvalue weighted by Crippen LogP contribution is -2.51. The molecule has 0 bridgehead atoms. The van der Waals surface area contributed by atoms with Crippen LogP contribution in [-0.4, -0.2) is 73.5 Å². The van der Waals surface area contributed by atoms with Crippen LogP contribution < -0.4 is 10.2 Å². The quantitative estimate of drug-likeness (QED) is 0.864. The van der Waals surface area contributed by atoms with E-state index in [1.807, 2.05) is 20.8 Å². The molecular weight excluding hydrogens is 328 g/mol. The van der Waals surface area contributed by atoms with Crippen LogP contribution in [0.4, 0.5) is 5.69 Å². The van der Waals surface area contributed by atoms with Gasteiger partial charge in [0.05, 0.1) is 13.1 Å². The molecule has 1 fully saturated rings. The van der Waals surface area contributed by atoms with Gasteiger partial charge < -0.3 is 15.1 Å². The van der Waals surface area contributed by atoms with Gasteiger partial charge in [0.15, 0.2) is 0 Å². The van der Waals surface area contributed by atoms with Gasteiger partial charge in [-0.3, -0.25) is 14.5 Å². The highest BCUT2D eigenvalue weighted by Crippen LogP contribution is 2.20. The molecule has 0 unspecified atom stereocenters. The van der Waals surface area contributed by atoms with Crippen molar-refractivity contribution < 1.29 is 9.59 Å². The van der Waals surface area contributed by atoms with Crippen molar-refractivity contribution in [2.24, 2.45) is 0 Å². The Morgan fingerprint density at radius 3 is 2.31 bits per heavy atom. The number of nitrogens with zero attached hydrogens (tertiary/aromatic N) is 3. The van der Waals surface area contributed by atoms with Gasteiger partial charge in [0.1, 0.15) is 0 Å². The molecule has 0 aliphatic carbocycles. The summed E-state index contributed by atoms with van der Waals surface area (Å²) in [4.78, 5) is 30.4. The molecule has 1 saturated heterocycles. The van der Waals surface area contributed by atoms with Crippen LogP contribution >= 0.6 is 0 Å². The molecule has 0 aromatic heterocycles. The summed E-state index contributed by atoms with van der Waals surface area (Å²) < 4.78 is 0. The smallest absolute Gasteiger partial charge is 0.240 e. The molecule has 1 N–H and O–H groups in total. The molecule has 0 atom stereocenters. The molecule has 2 amide bonds. The monoisotopic (exact) mass is 360 g/mol. The average Bonchev–Trinajstić information content (AvgIpc) is 2.54.